The molecule has 9 heteroatoms. The van der Waals surface area contributed by atoms with Crippen LogP contribution in [0.5, 0.6) is 23.0 Å². The lowest BCUT2D eigenvalue weighted by molar-refractivity contribution is 0.201. The van der Waals surface area contributed by atoms with E-state index in [1.807, 2.05) is 48.5 Å². The van der Waals surface area contributed by atoms with Crippen LogP contribution in [-0.4, -0.2) is 73.3 Å². The molecule has 6 aromatic carbocycles. The van der Waals surface area contributed by atoms with Gasteiger partial charge >= 0.3 is 0 Å². The third-order valence-corrected chi connectivity index (χ3v) is 11.4. The summed E-state index contributed by atoms with van der Waals surface area (Å²) in [6.07, 6.45) is 1.60. The van der Waals surface area contributed by atoms with E-state index >= 15 is 0 Å². The first kappa shape index (κ1) is 40.4. The van der Waals surface area contributed by atoms with Gasteiger partial charge in [0.25, 0.3) is 0 Å². The Morgan fingerprint density at radius 3 is 0.982 bits per heavy atom. The van der Waals surface area contributed by atoms with E-state index in [4.69, 9.17) is 39.4 Å². The predicted molar refractivity (Wildman–Crippen MR) is 219 cm³/mol. The quantitative estimate of drug-likeness (QED) is 0.0567. The van der Waals surface area contributed by atoms with Gasteiger partial charge in [-0.25, -0.2) is 0 Å². The van der Waals surface area contributed by atoms with Gasteiger partial charge in [-0.2, -0.15) is 0 Å². The second kappa shape index (κ2) is 21.1. The second-order valence-electron chi connectivity index (χ2n) is 13.1. The monoisotopic (exact) mass is 773 g/mol. The number of hydrogen-bond acceptors (Lipinski definition) is 8. The van der Waals surface area contributed by atoms with E-state index in [1.165, 1.54) is 21.6 Å². The summed E-state index contributed by atoms with van der Waals surface area (Å²) in [4.78, 5) is 3.47. The molecule has 0 spiro atoms. The Kier molecular flexibility index (Phi) is 15.2. The van der Waals surface area contributed by atoms with Crippen LogP contribution in [0.2, 0.25) is 0 Å². The van der Waals surface area contributed by atoms with Gasteiger partial charge in [0.05, 0.1) is 37.3 Å². The molecule has 0 bridgehead atoms. The van der Waals surface area contributed by atoms with E-state index in [9.17, 15) is 0 Å². The zero-order valence-corrected chi connectivity index (χ0v) is 32.2. The van der Waals surface area contributed by atoms with Crippen LogP contribution in [0.3, 0.4) is 0 Å². The molecule has 0 unspecified atom stereocenters. The maximum absolute atomic E-state index is 9.17. The maximum Gasteiger partial charge on any atom is 0.166 e. The van der Waals surface area contributed by atoms with Crippen molar-refractivity contribution >= 4 is 10.9 Å². The van der Waals surface area contributed by atoms with Gasteiger partial charge in [-0.3, -0.25) is 0 Å². The molecule has 4 N–H and O–H groups in total. The van der Waals surface area contributed by atoms with Crippen molar-refractivity contribution in [2.75, 3.05) is 52.9 Å². The number of rotatable bonds is 21. The van der Waals surface area contributed by atoms with Crippen LogP contribution < -0.4 is 18.9 Å². The first-order valence-corrected chi connectivity index (χ1v) is 20.0. The normalized spacial score (nSPS) is 11.2. The molecule has 8 nitrogen and oxygen atoms in total. The molecule has 0 aliphatic carbocycles. The molecular weight excluding hydrogens is 725 g/mol. The predicted octanol–water partition coefficient (Wildman–Crippen LogP) is 7.23. The number of benzene rings is 6. The molecule has 290 valence electrons. The van der Waals surface area contributed by atoms with Crippen LogP contribution >= 0.6 is 0 Å². The van der Waals surface area contributed by atoms with Gasteiger partial charge in [-0.1, -0.05) is 60.7 Å². The topological polar surface area (TPSA) is 118 Å². The minimum absolute atomic E-state index is 0.0322. The van der Waals surface area contributed by atoms with Crippen molar-refractivity contribution in [1.29, 1.82) is 0 Å². The molecular formula is C47H49O8S+. The SMILES string of the molecule is OCCOc1ccc(C(Cc2ccc(Cc3ccc([S+](c4ccc(OCCO)cc4)c4ccc(OCCO)cc4)cc3)cc2)c2ccc(OCCO)cc2)cc1. The van der Waals surface area contributed by atoms with Gasteiger partial charge < -0.3 is 39.4 Å². The Balaban J connectivity index is 1.18. The summed E-state index contributed by atoms with van der Waals surface area (Å²) in [6.45, 7) is 0.876. The minimum atomic E-state index is -0.388. The lowest BCUT2D eigenvalue weighted by Gasteiger charge is -2.20. The molecule has 0 saturated carbocycles. The molecule has 0 aromatic heterocycles. The van der Waals surface area contributed by atoms with Gasteiger partial charge in [-0.15, -0.1) is 0 Å². The van der Waals surface area contributed by atoms with Crippen molar-refractivity contribution in [2.24, 2.45) is 0 Å². The fourth-order valence-electron chi connectivity index (χ4n) is 6.43. The molecule has 0 aliphatic heterocycles. The van der Waals surface area contributed by atoms with Crippen molar-refractivity contribution in [3.8, 4) is 23.0 Å². The van der Waals surface area contributed by atoms with Crippen LogP contribution in [0.15, 0.2) is 160 Å². The molecule has 0 atom stereocenters. The van der Waals surface area contributed by atoms with Crippen molar-refractivity contribution in [1.82, 2.24) is 0 Å². The van der Waals surface area contributed by atoms with Crippen molar-refractivity contribution in [2.45, 2.75) is 33.4 Å². The van der Waals surface area contributed by atoms with Gasteiger partial charge in [0.2, 0.25) is 0 Å². The summed E-state index contributed by atoms with van der Waals surface area (Å²) in [6, 6.07) is 49.9. The third-order valence-electron chi connectivity index (χ3n) is 9.15. The Labute approximate surface area is 331 Å². The van der Waals surface area contributed by atoms with Gasteiger partial charge in [0.15, 0.2) is 14.7 Å². The van der Waals surface area contributed by atoms with Crippen molar-refractivity contribution in [3.05, 3.63) is 173 Å². The molecule has 6 rings (SSSR count). The van der Waals surface area contributed by atoms with Crippen LogP contribution in [0.4, 0.5) is 0 Å². The summed E-state index contributed by atoms with van der Waals surface area (Å²) in [5, 5.41) is 36.7. The third kappa shape index (κ3) is 11.4. The van der Waals surface area contributed by atoms with E-state index in [-0.39, 0.29) is 69.7 Å². The Hall–Kier alpha value is -5.29. The highest BCUT2D eigenvalue weighted by atomic mass is 32.2. The largest absolute Gasteiger partial charge is 0.491 e. The number of aliphatic hydroxyl groups excluding tert-OH is 4. The Morgan fingerprint density at radius 1 is 0.357 bits per heavy atom. The van der Waals surface area contributed by atoms with E-state index in [2.05, 4.69) is 97.1 Å². The zero-order valence-electron chi connectivity index (χ0n) is 31.3. The summed E-state index contributed by atoms with van der Waals surface area (Å²) in [5.74, 6) is 2.97. The average Bonchev–Trinajstić information content (AvgIpc) is 3.25. The first-order valence-electron chi connectivity index (χ1n) is 18.8. The smallest absolute Gasteiger partial charge is 0.166 e. The number of aliphatic hydroxyl groups is 4. The fraction of sp³-hybridized carbons (Fsp3) is 0.234. The lowest BCUT2D eigenvalue weighted by Crippen LogP contribution is -2.07. The van der Waals surface area contributed by atoms with E-state index in [0.717, 1.165) is 45.3 Å². The maximum atomic E-state index is 9.17. The molecule has 56 heavy (non-hydrogen) atoms. The van der Waals surface area contributed by atoms with Crippen molar-refractivity contribution in [3.63, 3.8) is 0 Å². The van der Waals surface area contributed by atoms with Gasteiger partial charge in [0.1, 0.15) is 49.4 Å². The van der Waals surface area contributed by atoms with E-state index < -0.39 is 0 Å². The highest BCUT2D eigenvalue weighted by Gasteiger charge is 2.29. The lowest BCUT2D eigenvalue weighted by atomic mass is 9.85. The highest BCUT2D eigenvalue weighted by Crippen LogP contribution is 2.34. The summed E-state index contributed by atoms with van der Waals surface area (Å²) in [7, 11) is -0.388. The van der Waals surface area contributed by atoms with Crippen molar-refractivity contribution < 1.29 is 39.4 Å². The first-order chi connectivity index (χ1) is 27.6. The summed E-state index contributed by atoms with van der Waals surface area (Å²) in [5.41, 5.74) is 5.98. The van der Waals surface area contributed by atoms with Crippen LogP contribution in [0.1, 0.15) is 33.7 Å². The molecule has 0 fully saturated rings. The van der Waals surface area contributed by atoms with Crippen LogP contribution in [0.25, 0.3) is 0 Å². The molecule has 6 aromatic rings. The van der Waals surface area contributed by atoms with Crippen LogP contribution in [-0.2, 0) is 23.7 Å². The zero-order chi connectivity index (χ0) is 39.0. The number of hydrogen-bond donors (Lipinski definition) is 4. The fourth-order valence-corrected chi connectivity index (χ4v) is 8.48. The van der Waals surface area contributed by atoms with Gasteiger partial charge in [0, 0.05) is 5.92 Å². The van der Waals surface area contributed by atoms with E-state index in [0.29, 0.717) is 11.5 Å². The molecule has 0 aliphatic rings. The molecule has 0 amide bonds. The second-order valence-corrected chi connectivity index (χ2v) is 15.1. The molecule has 0 radical (unpaired) electrons. The van der Waals surface area contributed by atoms with Crippen LogP contribution in [0, 0.1) is 0 Å². The highest BCUT2D eigenvalue weighted by molar-refractivity contribution is 7.97. The standard InChI is InChI=1S/C47H49O8S/c48-25-29-52-40-11-7-38(8-12-40)47(39-9-13-41(14-10-39)53-30-26-49)34-37-3-1-35(2-4-37)33-36-5-19-44(20-6-36)56(45-21-15-42(16-22-45)54-31-27-50)46-23-17-43(18-24-46)55-32-28-51/h1-24,47-51H,25-34H2/q+1. The minimum Gasteiger partial charge on any atom is -0.491 e. The van der Waals surface area contributed by atoms with E-state index in [1.54, 1.807) is 0 Å². The molecule has 0 heterocycles. The summed E-state index contributed by atoms with van der Waals surface area (Å²) >= 11 is 0. The number of ether oxygens (including phenoxy) is 4. The Bertz CT molecular complexity index is 1910. The van der Waals surface area contributed by atoms with Gasteiger partial charge in [-0.05, 0) is 126 Å². The average molecular weight is 774 g/mol. The summed E-state index contributed by atoms with van der Waals surface area (Å²) < 4.78 is 22.5. The Morgan fingerprint density at radius 2 is 0.643 bits per heavy atom. The molecule has 0 saturated heterocycles.